The minimum absolute atomic E-state index is 0.0136. The molecule has 1 saturated heterocycles. The predicted octanol–water partition coefficient (Wildman–Crippen LogP) is 8.89. The highest BCUT2D eigenvalue weighted by Crippen LogP contribution is 2.43. The van der Waals surface area contributed by atoms with E-state index in [0.717, 1.165) is 48.2 Å². The zero-order valence-electron chi connectivity index (χ0n) is 69.0. The second-order valence-electron chi connectivity index (χ2n) is 30.3. The van der Waals surface area contributed by atoms with E-state index in [0.29, 0.717) is 177 Å². The van der Waals surface area contributed by atoms with E-state index in [1.165, 1.54) is 68.8 Å². The molecule has 5 heterocycles. The van der Waals surface area contributed by atoms with E-state index < -0.39 is 54.1 Å². The minimum atomic E-state index is -1.53. The molecule has 0 bridgehead atoms. The molecule has 3 aromatic carbocycles. The number of aliphatic hydroxyl groups is 1. The number of nitrogens with zero attached hydrogens (tertiary/aromatic N) is 5. The molecule has 1 unspecified atom stereocenters. The molecule has 2 fully saturated rings. The summed E-state index contributed by atoms with van der Waals surface area (Å²) in [6, 6.07) is 9.95. The molecule has 5 aliphatic heterocycles. The zero-order chi connectivity index (χ0) is 83.4. The van der Waals surface area contributed by atoms with Gasteiger partial charge in [0.15, 0.2) is 29.2 Å². The third-order valence-corrected chi connectivity index (χ3v) is 21.1. The van der Waals surface area contributed by atoms with Crippen LogP contribution in [0.5, 0.6) is 23.0 Å². The highest BCUT2D eigenvalue weighted by molar-refractivity contribution is 6.07. The van der Waals surface area contributed by atoms with Gasteiger partial charge in [0.25, 0.3) is 11.8 Å². The van der Waals surface area contributed by atoms with Crippen molar-refractivity contribution in [3.63, 3.8) is 0 Å². The number of hydrogen-bond acceptors (Lipinski definition) is 24. The van der Waals surface area contributed by atoms with Gasteiger partial charge in [0.05, 0.1) is 168 Å². The van der Waals surface area contributed by atoms with Crippen molar-refractivity contribution < 1.29 is 110 Å². The lowest BCUT2D eigenvalue weighted by Crippen LogP contribution is -2.53. The first-order valence-corrected chi connectivity index (χ1v) is 41.3. The number of anilines is 2. The number of hydrogen-bond donors (Lipinski definition) is 5. The lowest BCUT2D eigenvalue weighted by atomic mass is 9.79. The number of fused-ring (bicyclic) bond motifs is 4. The standard InChI is InChI=1S/C85H121N9O23/c1-57(2)78(90-76(96)26-31-107-33-35-109-37-39-111-41-43-113-45-46-114-44-42-112-40-38-110-36-34-108-32-27-86-75(95)25-28-91-77(97)24-23-65(81(91)100)62-17-13-10-8-9-11-14-18-62)80(99)88-60(5)79(98)89-63-21-19-61(20-22-63)56-117-85(104)94-69-52-74(72(106-7)50-67(69)83(102)93-55-59(4)48-70(93)84(94)103)116-30-16-12-15-29-115-73-51-68-66(49-71(73)105-6)82(101)92-54-58(3)47-64(92)53-87-68/h19-22,49-55,57,60,62,64-65,70,78,84,103H,8-18,23-48,56H2,1-7H3,(H,86,95)(H,88,99)(H,89,98)(H,90,96)/t60-,64-,65?,70-,78-,84-/m0/s1. The molecule has 1 saturated carbocycles. The van der Waals surface area contributed by atoms with Crippen molar-refractivity contribution in [2.24, 2.45) is 22.7 Å². The molecule has 9 rings (SSSR count). The average molecular weight is 1640 g/mol. The molecule has 9 amide bonds. The monoisotopic (exact) mass is 1640 g/mol. The van der Waals surface area contributed by atoms with Crippen LogP contribution in [0.3, 0.4) is 0 Å². The lowest BCUT2D eigenvalue weighted by Gasteiger charge is -2.35. The number of likely N-dealkylation sites (tertiary alicyclic amines) is 1. The number of nitrogens with one attached hydrogen (secondary N) is 4. The van der Waals surface area contributed by atoms with Gasteiger partial charge in [-0.3, -0.25) is 48.2 Å². The van der Waals surface area contributed by atoms with Crippen LogP contribution >= 0.6 is 0 Å². The van der Waals surface area contributed by atoms with Crippen LogP contribution in [0.4, 0.5) is 21.9 Å². The molecule has 117 heavy (non-hydrogen) atoms. The number of amides is 9. The van der Waals surface area contributed by atoms with E-state index in [1.807, 2.05) is 20.0 Å². The summed E-state index contributed by atoms with van der Waals surface area (Å²) in [5.41, 5.74) is 3.92. The van der Waals surface area contributed by atoms with Crippen molar-refractivity contribution in [3.8, 4) is 23.0 Å². The van der Waals surface area contributed by atoms with Crippen LogP contribution in [0.15, 0.2) is 77.1 Å². The summed E-state index contributed by atoms with van der Waals surface area (Å²) in [4.78, 5) is 130. The number of carbonyl (C=O) groups is 9. The van der Waals surface area contributed by atoms with Gasteiger partial charge in [-0.2, -0.15) is 0 Å². The summed E-state index contributed by atoms with van der Waals surface area (Å²) in [5, 5.41) is 23.0. The second kappa shape index (κ2) is 48.7. The number of ether oxygens (including phenoxy) is 13. The Morgan fingerprint density at radius 2 is 1.10 bits per heavy atom. The lowest BCUT2D eigenvalue weighted by molar-refractivity contribution is -0.153. The van der Waals surface area contributed by atoms with E-state index in [9.17, 15) is 48.3 Å². The maximum absolute atomic E-state index is 14.3. The van der Waals surface area contributed by atoms with Gasteiger partial charge in [0, 0.05) is 74.7 Å². The van der Waals surface area contributed by atoms with E-state index in [4.69, 9.17) is 61.6 Å². The molecular weight excluding hydrogens is 1510 g/mol. The van der Waals surface area contributed by atoms with Gasteiger partial charge in [-0.05, 0) is 114 Å². The first kappa shape index (κ1) is 91.8. The molecule has 0 radical (unpaired) electrons. The van der Waals surface area contributed by atoms with Crippen molar-refractivity contribution >= 4 is 76.6 Å². The number of rotatable bonds is 49. The highest BCUT2D eigenvalue weighted by Gasteiger charge is 2.46. The van der Waals surface area contributed by atoms with Crippen LogP contribution in [-0.4, -0.2) is 256 Å². The van der Waals surface area contributed by atoms with Crippen LogP contribution in [0, 0.1) is 17.8 Å². The molecule has 32 nitrogen and oxygen atoms in total. The Labute approximate surface area is 685 Å². The maximum atomic E-state index is 14.3. The number of unbranched alkanes of at least 4 members (excludes halogenated alkanes) is 2. The fourth-order valence-corrected chi connectivity index (χ4v) is 14.7. The summed E-state index contributed by atoms with van der Waals surface area (Å²) >= 11 is 0. The number of methoxy groups -OCH3 is 2. The van der Waals surface area contributed by atoms with E-state index >= 15 is 0 Å². The number of carbonyl (C=O) groups excluding carboxylic acids is 9. The fraction of sp³-hybridized carbons (Fsp3) is 0.624. The number of aliphatic imine (C=N–C) groups is 1. The first-order valence-electron chi connectivity index (χ1n) is 41.3. The maximum Gasteiger partial charge on any atom is 0.416 e. The Kier molecular flexibility index (Phi) is 38.2. The van der Waals surface area contributed by atoms with E-state index in [1.54, 1.807) is 67.6 Å². The molecular formula is C85H121N9O23. The summed E-state index contributed by atoms with van der Waals surface area (Å²) in [7, 11) is 2.96. The molecule has 0 aromatic heterocycles. The largest absolute Gasteiger partial charge is 0.493 e. The van der Waals surface area contributed by atoms with Crippen molar-refractivity contribution in [1.29, 1.82) is 0 Å². The molecule has 6 atom stereocenters. The molecule has 6 aliphatic rings. The molecule has 0 spiro atoms. The molecule has 1 aliphatic carbocycles. The van der Waals surface area contributed by atoms with Crippen molar-refractivity contribution in [3.05, 3.63) is 88.8 Å². The Morgan fingerprint density at radius 3 is 1.69 bits per heavy atom. The van der Waals surface area contributed by atoms with Gasteiger partial charge >= 0.3 is 6.09 Å². The Hall–Kier alpha value is -9.12. The van der Waals surface area contributed by atoms with Gasteiger partial charge in [-0.15, -0.1) is 0 Å². The van der Waals surface area contributed by atoms with Gasteiger partial charge in [-0.25, -0.2) is 9.69 Å². The van der Waals surface area contributed by atoms with Gasteiger partial charge in [-0.1, -0.05) is 75.7 Å². The number of imide groups is 1. The number of piperidine rings is 1. The van der Waals surface area contributed by atoms with Crippen LogP contribution in [-0.2, 0) is 78.0 Å². The van der Waals surface area contributed by atoms with E-state index in [-0.39, 0.29) is 117 Å². The van der Waals surface area contributed by atoms with Gasteiger partial charge in [0.2, 0.25) is 35.4 Å². The quantitative estimate of drug-likeness (QED) is 0.0260. The van der Waals surface area contributed by atoms with Crippen LogP contribution in [0.1, 0.15) is 170 Å². The highest BCUT2D eigenvalue weighted by atomic mass is 16.6. The molecule has 3 aromatic rings. The SMILES string of the molecule is COc1cc2c(cc1OCCCCCOc1cc3c(cc1OC)C(=O)N1C=C(C)C[C@H]1[C@H](O)N3C(=O)OCc1ccc(NC(=O)[C@H](C)NC(=O)[C@@H](NC(=O)CCOCCOCCOCCOCCOCCOCCOCCOCCNC(=O)CCN3C(=O)CCC(C4CCCCCCCC4)C3=O)C(C)C)cc1)N=C[C@@H]1CC(C)=CN1C2=O. The summed E-state index contributed by atoms with van der Waals surface area (Å²) < 4.78 is 74.0. The Balaban J connectivity index is 0.567. The Bertz CT molecular complexity index is 3850. The summed E-state index contributed by atoms with van der Waals surface area (Å²) in [6.07, 6.45) is 16.1. The van der Waals surface area contributed by atoms with Gasteiger partial charge < -0.3 is 97.8 Å². The number of aliphatic hydroxyl groups excluding tert-OH is 1. The number of benzene rings is 3. The van der Waals surface area contributed by atoms with Gasteiger partial charge in [0.1, 0.15) is 18.7 Å². The summed E-state index contributed by atoms with van der Waals surface area (Å²) in [5.74, 6) is -1.34. The molecule has 644 valence electrons. The fourth-order valence-electron chi connectivity index (χ4n) is 14.7. The normalized spacial score (nSPS) is 18.7. The minimum Gasteiger partial charge on any atom is -0.493 e. The molecule has 5 N–H and O–H groups in total. The van der Waals surface area contributed by atoms with Crippen molar-refractivity contribution in [2.75, 3.05) is 156 Å². The smallest absolute Gasteiger partial charge is 0.416 e. The second-order valence-corrected chi connectivity index (χ2v) is 30.3. The average Bonchev–Trinajstić information content (AvgIpc) is 1.61. The van der Waals surface area contributed by atoms with Crippen LogP contribution < -0.4 is 45.1 Å². The van der Waals surface area contributed by atoms with E-state index in [2.05, 4.69) is 26.3 Å². The van der Waals surface area contributed by atoms with Crippen LogP contribution in [0.25, 0.3) is 0 Å². The first-order chi connectivity index (χ1) is 56.7. The molecule has 32 heteroatoms. The zero-order valence-corrected chi connectivity index (χ0v) is 69.0. The van der Waals surface area contributed by atoms with Crippen LogP contribution in [0.2, 0.25) is 0 Å². The van der Waals surface area contributed by atoms with Crippen molar-refractivity contribution in [1.82, 2.24) is 30.7 Å². The predicted molar refractivity (Wildman–Crippen MR) is 432 cm³/mol. The third-order valence-electron chi connectivity index (χ3n) is 21.1. The van der Waals surface area contributed by atoms with Crippen molar-refractivity contribution in [2.45, 2.75) is 181 Å². The Morgan fingerprint density at radius 1 is 0.564 bits per heavy atom. The topological polar surface area (TPSA) is 367 Å². The third kappa shape index (κ3) is 28.3. The summed E-state index contributed by atoms with van der Waals surface area (Å²) in [6.45, 7) is 15.1.